The van der Waals surface area contributed by atoms with Gasteiger partial charge in [-0.2, -0.15) is 0 Å². The van der Waals surface area contributed by atoms with Crippen molar-refractivity contribution in [3.05, 3.63) is 59.2 Å². The minimum absolute atomic E-state index is 0.190. The number of fused-ring (bicyclic) bond motifs is 1. The number of hydrogen-bond donors (Lipinski definition) is 1. The largest absolute Gasteiger partial charge is 0.457 e. The van der Waals surface area contributed by atoms with Gasteiger partial charge >= 0.3 is 0 Å². The fourth-order valence-corrected chi connectivity index (χ4v) is 2.94. The van der Waals surface area contributed by atoms with Crippen LogP contribution in [0.2, 0.25) is 0 Å². The molecule has 0 spiro atoms. The molecule has 0 heterocycles. The summed E-state index contributed by atoms with van der Waals surface area (Å²) in [5, 5.41) is 0. The lowest BCUT2D eigenvalue weighted by atomic mass is 10.0. The van der Waals surface area contributed by atoms with E-state index >= 15 is 0 Å². The number of ether oxygens (including phenoxy) is 1. The zero-order valence-corrected chi connectivity index (χ0v) is 12.6. The maximum atomic E-state index is 6.12. The predicted molar refractivity (Wildman–Crippen MR) is 87.0 cm³/mol. The Hall–Kier alpha value is -1.80. The molecule has 1 atom stereocenters. The predicted octanol–water partition coefficient (Wildman–Crippen LogP) is 4.25. The maximum Gasteiger partial charge on any atom is 0.130 e. The number of rotatable bonds is 5. The molecular weight excluding hydrogens is 258 g/mol. The molecule has 2 nitrogen and oxygen atoms in total. The van der Waals surface area contributed by atoms with Gasteiger partial charge in [-0.3, -0.25) is 0 Å². The Morgan fingerprint density at radius 1 is 1.10 bits per heavy atom. The van der Waals surface area contributed by atoms with E-state index in [1.165, 1.54) is 36.0 Å². The first-order chi connectivity index (χ1) is 10.3. The summed E-state index contributed by atoms with van der Waals surface area (Å²) in [6, 6.07) is 14.9. The van der Waals surface area contributed by atoms with E-state index in [9.17, 15) is 0 Å². The van der Waals surface area contributed by atoms with Crippen LogP contribution in [0.25, 0.3) is 0 Å². The topological polar surface area (TPSA) is 35.2 Å². The van der Waals surface area contributed by atoms with Gasteiger partial charge in [-0.25, -0.2) is 0 Å². The van der Waals surface area contributed by atoms with Crippen molar-refractivity contribution >= 4 is 0 Å². The quantitative estimate of drug-likeness (QED) is 0.889. The molecule has 2 aromatic carbocycles. The molecule has 110 valence electrons. The van der Waals surface area contributed by atoms with Gasteiger partial charge < -0.3 is 10.5 Å². The van der Waals surface area contributed by atoms with E-state index in [1.807, 2.05) is 18.2 Å². The maximum absolute atomic E-state index is 6.12. The molecule has 0 fully saturated rings. The lowest BCUT2D eigenvalue weighted by Crippen LogP contribution is -2.21. The van der Waals surface area contributed by atoms with E-state index in [-0.39, 0.29) is 6.04 Å². The van der Waals surface area contributed by atoms with Crippen molar-refractivity contribution in [2.24, 2.45) is 5.73 Å². The van der Waals surface area contributed by atoms with Crippen LogP contribution in [-0.2, 0) is 19.3 Å². The second-order valence-electron chi connectivity index (χ2n) is 5.87. The Labute approximate surface area is 126 Å². The highest BCUT2D eigenvalue weighted by Crippen LogP contribution is 2.30. The fraction of sp³-hybridized carbons (Fsp3) is 0.368. The zero-order chi connectivity index (χ0) is 14.7. The van der Waals surface area contributed by atoms with Gasteiger partial charge in [0.05, 0.1) is 0 Å². The van der Waals surface area contributed by atoms with Crippen LogP contribution in [0.3, 0.4) is 0 Å². The van der Waals surface area contributed by atoms with E-state index in [4.69, 9.17) is 10.5 Å². The van der Waals surface area contributed by atoms with Crippen LogP contribution in [0, 0.1) is 0 Å². The first-order valence-corrected chi connectivity index (χ1v) is 7.89. The van der Waals surface area contributed by atoms with Gasteiger partial charge in [0.25, 0.3) is 0 Å². The van der Waals surface area contributed by atoms with E-state index in [0.717, 1.165) is 24.3 Å². The molecule has 0 aromatic heterocycles. The van der Waals surface area contributed by atoms with E-state index < -0.39 is 0 Å². The molecule has 0 radical (unpaired) electrons. The van der Waals surface area contributed by atoms with Crippen LogP contribution in [0.1, 0.15) is 36.5 Å². The van der Waals surface area contributed by atoms with Crippen molar-refractivity contribution in [2.45, 2.75) is 45.1 Å². The number of nitrogens with two attached hydrogens (primary N) is 1. The molecule has 0 amide bonds. The van der Waals surface area contributed by atoms with Gasteiger partial charge in [-0.1, -0.05) is 31.2 Å². The normalized spacial score (nSPS) is 14.8. The Kier molecular flexibility index (Phi) is 4.26. The molecule has 21 heavy (non-hydrogen) atoms. The smallest absolute Gasteiger partial charge is 0.130 e. The van der Waals surface area contributed by atoms with Crippen molar-refractivity contribution in [1.29, 1.82) is 0 Å². The molecule has 1 aliphatic rings. The first-order valence-electron chi connectivity index (χ1n) is 7.89. The number of para-hydroxylation sites is 1. The van der Waals surface area contributed by atoms with Crippen molar-refractivity contribution < 1.29 is 4.74 Å². The second-order valence-corrected chi connectivity index (χ2v) is 5.87. The molecule has 1 aliphatic carbocycles. The average molecular weight is 281 g/mol. The number of hydrogen-bond acceptors (Lipinski definition) is 2. The van der Waals surface area contributed by atoms with Crippen LogP contribution in [0.15, 0.2) is 42.5 Å². The standard InChI is InChI=1S/C19H23NO/c1-2-17(20)12-16-6-3-4-9-19(16)21-18-11-10-14-7-5-8-15(14)13-18/h3-4,6,9-11,13,17H,2,5,7-8,12,20H2,1H3. The second kappa shape index (κ2) is 6.31. The minimum Gasteiger partial charge on any atom is -0.457 e. The molecule has 2 aromatic rings. The van der Waals surface area contributed by atoms with Crippen LogP contribution in [0.4, 0.5) is 0 Å². The highest BCUT2D eigenvalue weighted by atomic mass is 16.5. The van der Waals surface area contributed by atoms with Crippen LogP contribution < -0.4 is 10.5 Å². The van der Waals surface area contributed by atoms with Gasteiger partial charge in [-0.05, 0) is 67.0 Å². The van der Waals surface area contributed by atoms with Gasteiger partial charge in [0.1, 0.15) is 11.5 Å². The summed E-state index contributed by atoms with van der Waals surface area (Å²) in [6.45, 7) is 2.12. The summed E-state index contributed by atoms with van der Waals surface area (Å²) in [4.78, 5) is 0. The monoisotopic (exact) mass is 281 g/mol. The first kappa shape index (κ1) is 14.2. The highest BCUT2D eigenvalue weighted by molar-refractivity contribution is 5.42. The van der Waals surface area contributed by atoms with Crippen molar-refractivity contribution in [1.82, 2.24) is 0 Å². The van der Waals surface area contributed by atoms with E-state index in [1.54, 1.807) is 0 Å². The van der Waals surface area contributed by atoms with E-state index in [0.29, 0.717) is 0 Å². The molecule has 0 saturated heterocycles. The highest BCUT2D eigenvalue weighted by Gasteiger charge is 2.13. The molecule has 2 N–H and O–H groups in total. The van der Waals surface area contributed by atoms with Crippen LogP contribution in [0.5, 0.6) is 11.5 Å². The summed E-state index contributed by atoms with van der Waals surface area (Å²) in [5.41, 5.74) is 10.2. The fourth-order valence-electron chi connectivity index (χ4n) is 2.94. The van der Waals surface area contributed by atoms with Crippen molar-refractivity contribution in [3.63, 3.8) is 0 Å². The molecule has 0 saturated carbocycles. The number of aryl methyl sites for hydroxylation is 2. The third-order valence-corrected chi connectivity index (χ3v) is 4.28. The Bertz CT molecular complexity index is 621. The molecule has 3 rings (SSSR count). The van der Waals surface area contributed by atoms with Gasteiger partial charge in [0, 0.05) is 6.04 Å². The van der Waals surface area contributed by atoms with Gasteiger partial charge in [-0.15, -0.1) is 0 Å². The SMILES string of the molecule is CCC(N)Cc1ccccc1Oc1ccc2c(c1)CCC2. The average Bonchev–Trinajstić information content (AvgIpc) is 2.96. The summed E-state index contributed by atoms with van der Waals surface area (Å²) in [6.07, 6.45) is 5.48. The lowest BCUT2D eigenvalue weighted by Gasteiger charge is -2.14. The summed E-state index contributed by atoms with van der Waals surface area (Å²) in [5.74, 6) is 1.87. The van der Waals surface area contributed by atoms with Crippen molar-refractivity contribution in [2.75, 3.05) is 0 Å². The Balaban J connectivity index is 1.81. The van der Waals surface area contributed by atoms with Crippen LogP contribution in [-0.4, -0.2) is 6.04 Å². The van der Waals surface area contributed by atoms with Gasteiger partial charge in [0.2, 0.25) is 0 Å². The summed E-state index contributed by atoms with van der Waals surface area (Å²) < 4.78 is 6.12. The summed E-state index contributed by atoms with van der Waals surface area (Å²) in [7, 11) is 0. The Morgan fingerprint density at radius 2 is 1.90 bits per heavy atom. The zero-order valence-electron chi connectivity index (χ0n) is 12.6. The number of benzene rings is 2. The summed E-state index contributed by atoms with van der Waals surface area (Å²) >= 11 is 0. The third-order valence-electron chi connectivity index (χ3n) is 4.28. The molecule has 2 heteroatoms. The minimum atomic E-state index is 0.190. The molecule has 0 aliphatic heterocycles. The third kappa shape index (κ3) is 3.27. The van der Waals surface area contributed by atoms with Gasteiger partial charge in [0.15, 0.2) is 0 Å². The molecule has 1 unspecified atom stereocenters. The lowest BCUT2D eigenvalue weighted by molar-refractivity contribution is 0.471. The van der Waals surface area contributed by atoms with Crippen molar-refractivity contribution in [3.8, 4) is 11.5 Å². The molecule has 0 bridgehead atoms. The van der Waals surface area contributed by atoms with Crippen LogP contribution >= 0.6 is 0 Å². The Morgan fingerprint density at radius 3 is 2.76 bits per heavy atom. The van der Waals surface area contributed by atoms with E-state index in [2.05, 4.69) is 31.2 Å². The molecular formula is C19H23NO.